The molecule has 0 saturated carbocycles. The van der Waals surface area contributed by atoms with Crippen LogP contribution in [0.4, 0.5) is 0 Å². The molecular weight excluding hydrogens is 306 g/mol. The maximum atomic E-state index is 12.5. The van der Waals surface area contributed by atoms with E-state index in [9.17, 15) is 14.7 Å². The molecule has 0 spiro atoms. The molecule has 0 aliphatic carbocycles. The largest absolute Gasteiger partial charge is 0.481 e. The second-order valence-electron chi connectivity index (χ2n) is 6.29. The maximum absolute atomic E-state index is 12.5. The Hall–Kier alpha value is -2.63. The molecule has 126 valence electrons. The summed E-state index contributed by atoms with van der Waals surface area (Å²) in [7, 11) is 0. The zero-order chi connectivity index (χ0) is 17.1. The van der Waals surface area contributed by atoms with Crippen molar-refractivity contribution in [2.24, 2.45) is 5.92 Å². The van der Waals surface area contributed by atoms with Crippen molar-refractivity contribution in [2.75, 3.05) is 13.1 Å². The molecule has 24 heavy (non-hydrogen) atoms. The van der Waals surface area contributed by atoms with E-state index in [0.29, 0.717) is 19.5 Å². The van der Waals surface area contributed by atoms with Gasteiger partial charge in [0.2, 0.25) is 5.91 Å². The number of likely N-dealkylation sites (tertiary alicyclic amines) is 1. The van der Waals surface area contributed by atoms with E-state index in [2.05, 4.69) is 5.10 Å². The monoisotopic (exact) mass is 327 g/mol. The lowest BCUT2D eigenvalue weighted by Crippen LogP contribution is -2.30. The maximum Gasteiger partial charge on any atom is 0.308 e. The predicted molar refractivity (Wildman–Crippen MR) is 88.5 cm³/mol. The molecule has 1 fully saturated rings. The highest BCUT2D eigenvalue weighted by molar-refractivity contribution is 5.79. The molecule has 1 amide bonds. The van der Waals surface area contributed by atoms with Crippen LogP contribution < -0.4 is 0 Å². The summed E-state index contributed by atoms with van der Waals surface area (Å²) in [6, 6.07) is 9.57. The first-order chi connectivity index (χ1) is 11.5. The molecule has 0 radical (unpaired) electrons. The van der Waals surface area contributed by atoms with E-state index in [-0.39, 0.29) is 18.4 Å². The lowest BCUT2D eigenvalue weighted by Gasteiger charge is -2.16. The third-order valence-electron chi connectivity index (χ3n) is 4.53. The number of hydrogen-bond acceptors (Lipinski definition) is 3. The van der Waals surface area contributed by atoms with Crippen LogP contribution in [0.5, 0.6) is 0 Å². The summed E-state index contributed by atoms with van der Waals surface area (Å²) in [5.74, 6) is -1.57. The summed E-state index contributed by atoms with van der Waals surface area (Å²) in [4.78, 5) is 25.7. The van der Waals surface area contributed by atoms with Crippen LogP contribution in [0, 0.1) is 12.8 Å². The minimum Gasteiger partial charge on any atom is -0.481 e. The Morgan fingerprint density at radius 3 is 2.62 bits per heavy atom. The Labute approximate surface area is 140 Å². The van der Waals surface area contributed by atoms with Crippen LogP contribution in [0.3, 0.4) is 0 Å². The van der Waals surface area contributed by atoms with Crippen molar-refractivity contribution in [3.05, 3.63) is 53.9 Å². The second kappa shape index (κ2) is 6.86. The number of carbonyl (C=O) groups excluding carboxylic acids is 1. The van der Waals surface area contributed by atoms with Crippen molar-refractivity contribution in [3.8, 4) is 0 Å². The number of carboxylic acids is 1. The zero-order valence-corrected chi connectivity index (χ0v) is 13.6. The molecule has 6 nitrogen and oxygen atoms in total. The molecule has 2 heterocycles. The van der Waals surface area contributed by atoms with E-state index >= 15 is 0 Å². The molecule has 0 unspecified atom stereocenters. The Bertz CT molecular complexity index is 726. The van der Waals surface area contributed by atoms with E-state index in [1.165, 1.54) is 0 Å². The molecule has 6 heteroatoms. The number of nitrogens with zero attached hydrogens (tertiary/aromatic N) is 3. The van der Waals surface area contributed by atoms with Crippen LogP contribution in [0.1, 0.15) is 23.5 Å². The fraction of sp³-hybridized carbons (Fsp3) is 0.389. The number of aliphatic carboxylic acids is 1. The molecule has 3 rings (SSSR count). The number of benzene rings is 1. The third-order valence-corrected chi connectivity index (χ3v) is 4.53. The fourth-order valence-electron chi connectivity index (χ4n) is 3.25. The van der Waals surface area contributed by atoms with Gasteiger partial charge in [0.25, 0.3) is 0 Å². The molecule has 1 aromatic heterocycles. The molecule has 1 N–H and O–H groups in total. The molecule has 0 bridgehead atoms. The quantitative estimate of drug-likeness (QED) is 0.910. The smallest absolute Gasteiger partial charge is 0.308 e. The standard InChI is InChI=1S/C18H21N3O3/c1-13-9-19-21(10-13)8-7-17(22)20-11-15(16(12-20)18(23)24)14-5-3-2-4-6-14/h2-6,9-10,15-16H,7-8,11-12H2,1H3,(H,23,24)/t15-,16+/m1/s1. The normalized spacial score (nSPS) is 20.3. The number of carbonyl (C=O) groups is 2. The van der Waals surface area contributed by atoms with Gasteiger partial charge in [0.15, 0.2) is 0 Å². The van der Waals surface area contributed by atoms with E-state index in [1.807, 2.05) is 43.5 Å². The predicted octanol–water partition coefficient (Wildman–Crippen LogP) is 1.91. The summed E-state index contributed by atoms with van der Waals surface area (Å²) in [5, 5.41) is 13.7. The van der Waals surface area contributed by atoms with Gasteiger partial charge < -0.3 is 10.0 Å². The van der Waals surface area contributed by atoms with Gasteiger partial charge >= 0.3 is 5.97 Å². The summed E-state index contributed by atoms with van der Waals surface area (Å²) in [6.07, 6.45) is 3.98. The third kappa shape index (κ3) is 3.48. The van der Waals surface area contributed by atoms with Gasteiger partial charge in [-0.1, -0.05) is 30.3 Å². The van der Waals surface area contributed by atoms with Crippen LogP contribution in [0.15, 0.2) is 42.7 Å². The average Bonchev–Trinajstić information content (AvgIpc) is 3.20. The number of amides is 1. The van der Waals surface area contributed by atoms with E-state index in [4.69, 9.17) is 0 Å². The Balaban J connectivity index is 1.66. The number of hydrogen-bond donors (Lipinski definition) is 1. The molecule has 1 aliphatic heterocycles. The van der Waals surface area contributed by atoms with Crippen LogP contribution in [0.25, 0.3) is 0 Å². The molecule has 1 aromatic carbocycles. The molecule has 2 atom stereocenters. The highest BCUT2D eigenvalue weighted by Crippen LogP contribution is 2.33. The zero-order valence-electron chi connectivity index (χ0n) is 13.6. The van der Waals surface area contributed by atoms with Gasteiger partial charge in [-0.3, -0.25) is 14.3 Å². The van der Waals surface area contributed by atoms with Gasteiger partial charge in [-0.25, -0.2) is 0 Å². The lowest BCUT2D eigenvalue weighted by molar-refractivity contribution is -0.141. The fourth-order valence-corrected chi connectivity index (χ4v) is 3.25. The molecule has 1 saturated heterocycles. The number of aromatic nitrogens is 2. The first-order valence-electron chi connectivity index (χ1n) is 8.09. The first-order valence-corrected chi connectivity index (χ1v) is 8.09. The van der Waals surface area contributed by atoms with Gasteiger partial charge in [-0.2, -0.15) is 5.10 Å². The van der Waals surface area contributed by atoms with Crippen LogP contribution in [-0.2, 0) is 16.1 Å². The molecule has 2 aromatic rings. The summed E-state index contributed by atoms with van der Waals surface area (Å²) in [5.41, 5.74) is 2.03. The lowest BCUT2D eigenvalue weighted by atomic mass is 9.89. The van der Waals surface area contributed by atoms with Gasteiger partial charge in [0.05, 0.1) is 12.1 Å². The van der Waals surface area contributed by atoms with Crippen molar-refractivity contribution in [3.63, 3.8) is 0 Å². The Kier molecular flexibility index (Phi) is 4.64. The van der Waals surface area contributed by atoms with Crippen molar-refractivity contribution in [1.82, 2.24) is 14.7 Å². The summed E-state index contributed by atoms with van der Waals surface area (Å²) < 4.78 is 1.74. The minimum absolute atomic E-state index is 0.0205. The Morgan fingerprint density at radius 2 is 2.00 bits per heavy atom. The van der Waals surface area contributed by atoms with Gasteiger partial charge in [-0.05, 0) is 18.1 Å². The number of aryl methyl sites for hydroxylation is 2. The number of rotatable bonds is 5. The average molecular weight is 327 g/mol. The van der Waals surface area contributed by atoms with Gasteiger partial charge in [0.1, 0.15) is 0 Å². The second-order valence-corrected chi connectivity index (χ2v) is 6.29. The van der Waals surface area contributed by atoms with Crippen molar-refractivity contribution in [1.29, 1.82) is 0 Å². The van der Waals surface area contributed by atoms with E-state index in [0.717, 1.165) is 11.1 Å². The van der Waals surface area contributed by atoms with Crippen LogP contribution in [0.2, 0.25) is 0 Å². The van der Waals surface area contributed by atoms with Crippen molar-refractivity contribution < 1.29 is 14.7 Å². The summed E-state index contributed by atoms with van der Waals surface area (Å²) >= 11 is 0. The van der Waals surface area contributed by atoms with Crippen LogP contribution >= 0.6 is 0 Å². The first kappa shape index (κ1) is 16.2. The van der Waals surface area contributed by atoms with Crippen molar-refractivity contribution >= 4 is 11.9 Å². The van der Waals surface area contributed by atoms with Crippen LogP contribution in [-0.4, -0.2) is 44.8 Å². The van der Waals surface area contributed by atoms with Gasteiger partial charge in [0, 0.05) is 38.2 Å². The highest BCUT2D eigenvalue weighted by Gasteiger charge is 2.40. The highest BCUT2D eigenvalue weighted by atomic mass is 16.4. The van der Waals surface area contributed by atoms with Crippen molar-refractivity contribution in [2.45, 2.75) is 25.8 Å². The molecular formula is C18H21N3O3. The number of carboxylic acid groups (broad SMARTS) is 1. The minimum atomic E-state index is -0.846. The topological polar surface area (TPSA) is 75.4 Å². The SMILES string of the molecule is Cc1cnn(CCC(=O)N2C[C@H](C(=O)O)[C@@H](c3ccccc3)C2)c1. The van der Waals surface area contributed by atoms with E-state index < -0.39 is 11.9 Å². The van der Waals surface area contributed by atoms with E-state index in [1.54, 1.807) is 15.8 Å². The Morgan fingerprint density at radius 1 is 1.25 bits per heavy atom. The van der Waals surface area contributed by atoms with Gasteiger partial charge in [-0.15, -0.1) is 0 Å². The molecule has 1 aliphatic rings. The summed E-state index contributed by atoms with van der Waals surface area (Å²) in [6.45, 7) is 3.19.